The third-order valence-electron chi connectivity index (χ3n) is 2.27. The van der Waals surface area contributed by atoms with Gasteiger partial charge in [0.1, 0.15) is 6.29 Å². The smallest absolute Gasteiger partial charge is 0.136 e. The largest absolute Gasteiger partial charge is 0.322 e. The van der Waals surface area contributed by atoms with Crippen molar-refractivity contribution in [3.63, 3.8) is 0 Å². The predicted octanol–water partition coefficient (Wildman–Crippen LogP) is 1.93. The molecule has 0 radical (unpaired) electrons. The average molecular weight is 191 g/mol. The fraction of sp³-hybridized carbons (Fsp3) is 0.417. The van der Waals surface area contributed by atoms with Crippen molar-refractivity contribution in [2.45, 2.75) is 31.7 Å². The lowest BCUT2D eigenvalue weighted by atomic mass is 10.1. The topological polar surface area (TPSA) is 43.1 Å². The van der Waals surface area contributed by atoms with Crippen molar-refractivity contribution >= 4 is 6.29 Å². The van der Waals surface area contributed by atoms with E-state index in [1.165, 1.54) is 5.56 Å². The van der Waals surface area contributed by atoms with Crippen LogP contribution in [-0.4, -0.2) is 12.3 Å². The molecule has 2 nitrogen and oxygen atoms in total. The SMILES string of the molecule is NC(C=O)CCCCc1ccccc1. The Kier molecular flexibility index (Phi) is 4.94. The Bertz CT molecular complexity index is 258. The van der Waals surface area contributed by atoms with Crippen LogP contribution in [0.1, 0.15) is 24.8 Å². The number of benzene rings is 1. The number of aryl methyl sites for hydroxylation is 1. The van der Waals surface area contributed by atoms with Gasteiger partial charge in [-0.3, -0.25) is 0 Å². The van der Waals surface area contributed by atoms with Crippen molar-refractivity contribution in [3.05, 3.63) is 35.9 Å². The van der Waals surface area contributed by atoms with E-state index in [9.17, 15) is 4.79 Å². The Morgan fingerprint density at radius 3 is 2.57 bits per heavy atom. The molecule has 0 aliphatic rings. The molecule has 0 bridgehead atoms. The van der Waals surface area contributed by atoms with Crippen molar-refractivity contribution in [3.8, 4) is 0 Å². The minimum atomic E-state index is -0.272. The van der Waals surface area contributed by atoms with Crippen LogP contribution in [0.4, 0.5) is 0 Å². The van der Waals surface area contributed by atoms with Crippen LogP contribution in [0.2, 0.25) is 0 Å². The molecular weight excluding hydrogens is 174 g/mol. The van der Waals surface area contributed by atoms with Gasteiger partial charge in [0.25, 0.3) is 0 Å². The van der Waals surface area contributed by atoms with Gasteiger partial charge >= 0.3 is 0 Å². The normalized spacial score (nSPS) is 12.4. The molecule has 0 fully saturated rings. The Hall–Kier alpha value is -1.15. The third kappa shape index (κ3) is 4.19. The van der Waals surface area contributed by atoms with E-state index in [1.54, 1.807) is 0 Å². The molecule has 76 valence electrons. The summed E-state index contributed by atoms with van der Waals surface area (Å²) in [5.41, 5.74) is 6.84. The van der Waals surface area contributed by atoms with E-state index in [0.29, 0.717) is 0 Å². The third-order valence-corrected chi connectivity index (χ3v) is 2.27. The first-order valence-electron chi connectivity index (χ1n) is 5.07. The van der Waals surface area contributed by atoms with E-state index in [-0.39, 0.29) is 6.04 Å². The second-order valence-corrected chi connectivity index (χ2v) is 3.53. The maximum absolute atomic E-state index is 10.2. The first-order chi connectivity index (χ1) is 6.83. The van der Waals surface area contributed by atoms with Crippen LogP contribution >= 0.6 is 0 Å². The number of nitrogens with two attached hydrogens (primary N) is 1. The quantitative estimate of drug-likeness (QED) is 0.551. The van der Waals surface area contributed by atoms with Gasteiger partial charge in [0, 0.05) is 0 Å². The highest BCUT2D eigenvalue weighted by atomic mass is 16.1. The van der Waals surface area contributed by atoms with E-state index in [1.807, 2.05) is 18.2 Å². The number of carbonyl (C=O) groups is 1. The number of aldehydes is 1. The summed E-state index contributed by atoms with van der Waals surface area (Å²) < 4.78 is 0. The molecule has 2 N–H and O–H groups in total. The maximum atomic E-state index is 10.2. The lowest BCUT2D eigenvalue weighted by Crippen LogP contribution is -2.20. The monoisotopic (exact) mass is 191 g/mol. The number of unbranched alkanes of at least 4 members (excludes halogenated alkanes) is 1. The molecule has 1 unspecified atom stereocenters. The number of carbonyl (C=O) groups excluding carboxylic acids is 1. The molecule has 0 aromatic heterocycles. The van der Waals surface area contributed by atoms with Gasteiger partial charge in [0.2, 0.25) is 0 Å². The zero-order valence-corrected chi connectivity index (χ0v) is 8.36. The second kappa shape index (κ2) is 6.33. The Morgan fingerprint density at radius 1 is 1.21 bits per heavy atom. The minimum absolute atomic E-state index is 0.272. The van der Waals surface area contributed by atoms with E-state index in [4.69, 9.17) is 5.73 Å². The molecule has 1 aromatic rings. The summed E-state index contributed by atoms with van der Waals surface area (Å²) in [6.45, 7) is 0. The van der Waals surface area contributed by atoms with Crippen LogP contribution < -0.4 is 5.73 Å². The van der Waals surface area contributed by atoms with Crippen molar-refractivity contribution in [1.82, 2.24) is 0 Å². The molecule has 1 atom stereocenters. The lowest BCUT2D eigenvalue weighted by molar-refractivity contribution is -0.109. The summed E-state index contributed by atoms with van der Waals surface area (Å²) >= 11 is 0. The molecule has 0 spiro atoms. The lowest BCUT2D eigenvalue weighted by Gasteiger charge is -2.03. The van der Waals surface area contributed by atoms with Crippen LogP contribution in [0.5, 0.6) is 0 Å². The molecule has 1 aromatic carbocycles. The van der Waals surface area contributed by atoms with E-state index >= 15 is 0 Å². The Labute approximate surface area is 85.1 Å². The molecular formula is C12H17NO. The van der Waals surface area contributed by atoms with Crippen LogP contribution in [0, 0.1) is 0 Å². The highest BCUT2D eigenvalue weighted by Gasteiger charge is 1.99. The van der Waals surface area contributed by atoms with E-state index < -0.39 is 0 Å². The number of hydrogen-bond donors (Lipinski definition) is 1. The van der Waals surface area contributed by atoms with Gasteiger partial charge in [-0.05, 0) is 24.8 Å². The summed E-state index contributed by atoms with van der Waals surface area (Å²) in [4.78, 5) is 10.2. The second-order valence-electron chi connectivity index (χ2n) is 3.53. The van der Waals surface area contributed by atoms with Gasteiger partial charge in [-0.2, -0.15) is 0 Å². The number of hydrogen-bond acceptors (Lipinski definition) is 2. The van der Waals surface area contributed by atoms with Gasteiger partial charge in [-0.1, -0.05) is 36.8 Å². The fourth-order valence-corrected chi connectivity index (χ4v) is 1.42. The molecule has 0 aliphatic heterocycles. The van der Waals surface area contributed by atoms with Crippen LogP contribution in [0.3, 0.4) is 0 Å². The fourth-order valence-electron chi connectivity index (χ4n) is 1.42. The van der Waals surface area contributed by atoms with Crippen molar-refractivity contribution in [1.29, 1.82) is 0 Å². The Morgan fingerprint density at radius 2 is 1.93 bits per heavy atom. The highest BCUT2D eigenvalue weighted by molar-refractivity contribution is 5.56. The zero-order chi connectivity index (χ0) is 10.2. The molecule has 0 amide bonds. The summed E-state index contributed by atoms with van der Waals surface area (Å²) in [7, 11) is 0. The van der Waals surface area contributed by atoms with Gasteiger partial charge in [0.15, 0.2) is 0 Å². The Balaban J connectivity index is 2.13. The van der Waals surface area contributed by atoms with Crippen LogP contribution in [-0.2, 0) is 11.2 Å². The summed E-state index contributed by atoms with van der Waals surface area (Å²) in [5.74, 6) is 0. The molecule has 0 heterocycles. The molecule has 2 heteroatoms. The molecule has 1 rings (SSSR count). The average Bonchev–Trinajstić information content (AvgIpc) is 2.25. The van der Waals surface area contributed by atoms with E-state index in [2.05, 4.69) is 12.1 Å². The standard InChI is InChI=1S/C12H17NO/c13-12(10-14)9-5-4-8-11-6-2-1-3-7-11/h1-3,6-7,10,12H,4-5,8-9,13H2. The summed E-state index contributed by atoms with van der Waals surface area (Å²) in [5, 5.41) is 0. The van der Waals surface area contributed by atoms with Crippen molar-refractivity contribution < 1.29 is 4.79 Å². The van der Waals surface area contributed by atoms with Crippen molar-refractivity contribution in [2.75, 3.05) is 0 Å². The predicted molar refractivity (Wildman–Crippen MR) is 58.0 cm³/mol. The molecule has 0 aliphatic carbocycles. The summed E-state index contributed by atoms with van der Waals surface area (Å²) in [6, 6.07) is 10.1. The van der Waals surface area contributed by atoms with Gasteiger partial charge in [-0.15, -0.1) is 0 Å². The summed E-state index contributed by atoms with van der Waals surface area (Å²) in [6.07, 6.45) is 4.83. The van der Waals surface area contributed by atoms with Gasteiger partial charge in [-0.25, -0.2) is 0 Å². The first kappa shape index (κ1) is 10.9. The van der Waals surface area contributed by atoms with Crippen molar-refractivity contribution in [2.24, 2.45) is 5.73 Å². The maximum Gasteiger partial charge on any atom is 0.136 e. The number of rotatable bonds is 6. The van der Waals surface area contributed by atoms with Gasteiger partial charge in [0.05, 0.1) is 6.04 Å². The first-order valence-corrected chi connectivity index (χ1v) is 5.07. The molecule has 14 heavy (non-hydrogen) atoms. The van der Waals surface area contributed by atoms with Gasteiger partial charge < -0.3 is 10.5 Å². The molecule has 0 saturated heterocycles. The molecule has 0 saturated carbocycles. The zero-order valence-electron chi connectivity index (χ0n) is 8.36. The van der Waals surface area contributed by atoms with Crippen LogP contribution in [0.15, 0.2) is 30.3 Å². The van der Waals surface area contributed by atoms with Crippen LogP contribution in [0.25, 0.3) is 0 Å². The van der Waals surface area contributed by atoms with E-state index in [0.717, 1.165) is 32.0 Å². The highest BCUT2D eigenvalue weighted by Crippen LogP contribution is 2.06. The minimum Gasteiger partial charge on any atom is -0.322 e.